The van der Waals surface area contributed by atoms with Gasteiger partial charge in [0, 0.05) is 32.2 Å². The molecule has 1 aliphatic rings. The predicted octanol–water partition coefficient (Wildman–Crippen LogP) is 1.11. The highest BCUT2D eigenvalue weighted by Gasteiger charge is 2.30. The molecule has 0 radical (unpaired) electrons. The Labute approximate surface area is 125 Å². The van der Waals surface area contributed by atoms with Gasteiger partial charge in [0.25, 0.3) is 0 Å². The molecule has 0 aromatic heterocycles. The van der Waals surface area contributed by atoms with Crippen LogP contribution in [-0.2, 0) is 6.54 Å². The van der Waals surface area contributed by atoms with E-state index in [9.17, 15) is 9.90 Å². The molecule has 3 N–H and O–H groups in total. The van der Waals surface area contributed by atoms with Crippen molar-refractivity contribution in [3.8, 4) is 0 Å². The molecule has 1 aromatic carbocycles. The summed E-state index contributed by atoms with van der Waals surface area (Å²) in [5, 5.41) is 15.4. The average molecular weight is 289 g/mol. The van der Waals surface area contributed by atoms with Gasteiger partial charge in [-0.05, 0) is 12.0 Å². The van der Waals surface area contributed by atoms with Gasteiger partial charge in [-0.25, -0.2) is 4.79 Å². The Hall–Kier alpha value is -1.85. The number of nitrogens with one attached hydrogen (secondary N) is 2. The number of urea groups is 1. The first-order valence-corrected chi connectivity index (χ1v) is 7.27. The Balaban J connectivity index is 1.85. The van der Waals surface area contributed by atoms with Gasteiger partial charge in [-0.2, -0.15) is 0 Å². The molecule has 1 saturated heterocycles. The number of β-amino-alcohol motifs (C(OH)–C–C–N with tert-alkyl or cyclic N) is 1. The molecule has 5 heteroatoms. The lowest BCUT2D eigenvalue weighted by Crippen LogP contribution is -2.43. The summed E-state index contributed by atoms with van der Waals surface area (Å²) >= 11 is 0. The van der Waals surface area contributed by atoms with Gasteiger partial charge in [0.15, 0.2) is 0 Å². The van der Waals surface area contributed by atoms with Gasteiger partial charge in [0.05, 0.1) is 6.10 Å². The van der Waals surface area contributed by atoms with E-state index in [4.69, 9.17) is 0 Å². The van der Waals surface area contributed by atoms with Gasteiger partial charge in [-0.1, -0.05) is 36.4 Å². The van der Waals surface area contributed by atoms with Gasteiger partial charge < -0.3 is 15.7 Å². The fourth-order valence-electron chi connectivity index (χ4n) is 2.62. The first-order chi connectivity index (χ1) is 10.2. The second-order valence-electron chi connectivity index (χ2n) is 5.34. The topological polar surface area (TPSA) is 64.6 Å². The molecule has 0 bridgehead atoms. The zero-order chi connectivity index (χ0) is 15.1. The summed E-state index contributed by atoms with van der Waals surface area (Å²) in [6, 6.07) is 10.1. The van der Waals surface area contributed by atoms with Crippen molar-refractivity contribution in [1.29, 1.82) is 0 Å². The molecule has 0 saturated carbocycles. The minimum atomic E-state index is -0.322. The number of likely N-dealkylation sites (tertiary alicyclic amines) is 1. The number of benzene rings is 1. The van der Waals surface area contributed by atoms with Crippen molar-refractivity contribution in [2.75, 3.05) is 19.6 Å². The van der Waals surface area contributed by atoms with Crippen LogP contribution in [0.25, 0.3) is 0 Å². The van der Waals surface area contributed by atoms with Gasteiger partial charge >= 0.3 is 6.03 Å². The number of hydrogen-bond acceptors (Lipinski definition) is 3. The van der Waals surface area contributed by atoms with Crippen LogP contribution >= 0.6 is 0 Å². The van der Waals surface area contributed by atoms with Gasteiger partial charge in [0.2, 0.25) is 0 Å². The van der Waals surface area contributed by atoms with Crippen molar-refractivity contribution in [3.05, 3.63) is 48.6 Å². The number of amides is 2. The standard InChI is InChI=1S/C16H23N3O2/c1-2-8-17-16(21)18-10-14-9-15(20)12-19(14)11-13-6-4-3-5-7-13/h2-7,14-15,20H,1,8-12H2,(H2,17,18,21). The number of nitrogens with zero attached hydrogens (tertiary/aromatic N) is 1. The molecule has 0 spiro atoms. The molecular formula is C16H23N3O2. The van der Waals surface area contributed by atoms with Crippen molar-refractivity contribution in [2.24, 2.45) is 0 Å². The summed E-state index contributed by atoms with van der Waals surface area (Å²) in [6.45, 7) is 5.98. The Bertz CT molecular complexity index is 464. The SMILES string of the molecule is C=CCNC(=O)NCC1CC(O)CN1Cc1ccccc1. The van der Waals surface area contributed by atoms with E-state index < -0.39 is 0 Å². The van der Waals surface area contributed by atoms with E-state index in [0.29, 0.717) is 26.1 Å². The van der Waals surface area contributed by atoms with E-state index in [-0.39, 0.29) is 18.2 Å². The monoisotopic (exact) mass is 289 g/mol. The van der Waals surface area contributed by atoms with E-state index in [1.165, 1.54) is 5.56 Å². The fourth-order valence-corrected chi connectivity index (χ4v) is 2.62. The van der Waals surface area contributed by atoms with Crippen LogP contribution in [0.5, 0.6) is 0 Å². The van der Waals surface area contributed by atoms with Gasteiger partial charge in [-0.15, -0.1) is 6.58 Å². The normalized spacial score (nSPS) is 22.0. The van der Waals surface area contributed by atoms with Crippen LogP contribution in [0.1, 0.15) is 12.0 Å². The molecule has 2 amide bonds. The lowest BCUT2D eigenvalue weighted by molar-refractivity contribution is 0.172. The van der Waals surface area contributed by atoms with Crippen LogP contribution in [0.3, 0.4) is 0 Å². The summed E-state index contributed by atoms with van der Waals surface area (Å²) in [5.41, 5.74) is 1.22. The number of carbonyl (C=O) groups excluding carboxylic acids is 1. The van der Waals surface area contributed by atoms with Crippen LogP contribution in [0.4, 0.5) is 4.79 Å². The van der Waals surface area contributed by atoms with E-state index >= 15 is 0 Å². The molecule has 1 fully saturated rings. The highest BCUT2D eigenvalue weighted by Crippen LogP contribution is 2.20. The van der Waals surface area contributed by atoms with Crippen molar-refractivity contribution < 1.29 is 9.90 Å². The number of aliphatic hydroxyl groups is 1. The van der Waals surface area contributed by atoms with Crippen LogP contribution in [0.15, 0.2) is 43.0 Å². The molecule has 5 nitrogen and oxygen atoms in total. The largest absolute Gasteiger partial charge is 0.392 e. The van der Waals surface area contributed by atoms with Gasteiger partial charge in [-0.3, -0.25) is 4.90 Å². The minimum absolute atomic E-state index is 0.162. The fraction of sp³-hybridized carbons (Fsp3) is 0.438. The minimum Gasteiger partial charge on any atom is -0.392 e. The van der Waals surface area contributed by atoms with Crippen molar-refractivity contribution in [3.63, 3.8) is 0 Å². The molecule has 114 valence electrons. The predicted molar refractivity (Wildman–Crippen MR) is 82.9 cm³/mol. The second kappa shape index (κ2) is 7.81. The summed E-state index contributed by atoms with van der Waals surface area (Å²) < 4.78 is 0. The quantitative estimate of drug-likeness (QED) is 0.687. The Morgan fingerprint density at radius 1 is 1.38 bits per heavy atom. The van der Waals surface area contributed by atoms with Crippen LogP contribution in [-0.4, -0.2) is 47.8 Å². The Morgan fingerprint density at radius 3 is 2.86 bits per heavy atom. The zero-order valence-corrected chi connectivity index (χ0v) is 12.2. The first-order valence-electron chi connectivity index (χ1n) is 7.27. The smallest absolute Gasteiger partial charge is 0.315 e. The van der Waals surface area contributed by atoms with Crippen LogP contribution in [0, 0.1) is 0 Å². The lowest BCUT2D eigenvalue weighted by atomic mass is 10.1. The molecule has 0 aliphatic carbocycles. The summed E-state index contributed by atoms with van der Waals surface area (Å²) in [6.07, 6.45) is 2.01. The molecule has 2 rings (SSSR count). The third-order valence-corrected chi connectivity index (χ3v) is 3.64. The highest BCUT2D eigenvalue weighted by molar-refractivity contribution is 5.73. The lowest BCUT2D eigenvalue weighted by Gasteiger charge is -2.24. The number of aliphatic hydroxyl groups excluding tert-OH is 1. The Kier molecular flexibility index (Phi) is 5.78. The third kappa shape index (κ3) is 4.88. The molecule has 1 aliphatic heterocycles. The maximum absolute atomic E-state index is 11.6. The molecule has 1 heterocycles. The Morgan fingerprint density at radius 2 is 2.14 bits per heavy atom. The van der Waals surface area contributed by atoms with Gasteiger partial charge in [0.1, 0.15) is 0 Å². The molecule has 2 unspecified atom stereocenters. The third-order valence-electron chi connectivity index (χ3n) is 3.64. The first kappa shape index (κ1) is 15.5. The summed E-state index contributed by atoms with van der Waals surface area (Å²) in [4.78, 5) is 13.8. The maximum Gasteiger partial charge on any atom is 0.315 e. The molecule has 21 heavy (non-hydrogen) atoms. The van der Waals surface area contributed by atoms with E-state index in [0.717, 1.165) is 6.54 Å². The van der Waals surface area contributed by atoms with E-state index in [2.05, 4.69) is 34.2 Å². The number of hydrogen-bond donors (Lipinski definition) is 3. The highest BCUT2D eigenvalue weighted by atomic mass is 16.3. The van der Waals surface area contributed by atoms with Crippen molar-refractivity contribution in [1.82, 2.24) is 15.5 Å². The van der Waals surface area contributed by atoms with Crippen molar-refractivity contribution >= 4 is 6.03 Å². The molecular weight excluding hydrogens is 266 g/mol. The van der Waals surface area contributed by atoms with E-state index in [1.807, 2.05) is 18.2 Å². The number of rotatable bonds is 6. The summed E-state index contributed by atoms with van der Waals surface area (Å²) in [7, 11) is 0. The second-order valence-corrected chi connectivity index (χ2v) is 5.34. The molecule has 2 atom stereocenters. The van der Waals surface area contributed by atoms with Crippen LogP contribution < -0.4 is 10.6 Å². The van der Waals surface area contributed by atoms with Crippen LogP contribution in [0.2, 0.25) is 0 Å². The summed E-state index contributed by atoms with van der Waals surface area (Å²) in [5.74, 6) is 0. The number of carbonyl (C=O) groups is 1. The molecule has 1 aromatic rings. The van der Waals surface area contributed by atoms with Crippen molar-refractivity contribution in [2.45, 2.75) is 25.1 Å². The maximum atomic E-state index is 11.6. The van der Waals surface area contributed by atoms with E-state index in [1.54, 1.807) is 6.08 Å². The average Bonchev–Trinajstić information content (AvgIpc) is 2.83. The zero-order valence-electron chi connectivity index (χ0n) is 12.2.